The molecule has 1 aromatic rings. The van der Waals surface area contributed by atoms with E-state index >= 15 is 0 Å². The van der Waals surface area contributed by atoms with Gasteiger partial charge in [-0.3, -0.25) is 0 Å². The Morgan fingerprint density at radius 3 is 2.19 bits per heavy atom. The van der Waals surface area contributed by atoms with Gasteiger partial charge in [-0.2, -0.15) is 0 Å². The first-order valence-electron chi connectivity index (χ1n) is 9.69. The van der Waals surface area contributed by atoms with E-state index in [1.54, 1.807) is 0 Å². The van der Waals surface area contributed by atoms with Crippen LogP contribution >= 0.6 is 0 Å². The summed E-state index contributed by atoms with van der Waals surface area (Å²) in [6.07, 6.45) is 7.90. The molecule has 3 rings (SSSR count). The van der Waals surface area contributed by atoms with E-state index in [1.165, 1.54) is 22.3 Å². The number of aryl methyl sites for hydroxylation is 2. The fourth-order valence-electron chi connectivity index (χ4n) is 4.55. The van der Waals surface area contributed by atoms with Crippen molar-refractivity contribution in [2.24, 2.45) is 5.41 Å². The zero-order valence-electron chi connectivity index (χ0n) is 16.1. The number of nitrogens with one attached hydrogen (secondary N) is 2. The Labute approximate surface area is 157 Å². The second-order valence-corrected chi connectivity index (χ2v) is 10.2. The molecule has 0 aliphatic heterocycles. The Kier molecular flexibility index (Phi) is 5.33. The van der Waals surface area contributed by atoms with Crippen molar-refractivity contribution in [1.29, 1.82) is 0 Å². The summed E-state index contributed by atoms with van der Waals surface area (Å²) in [5.41, 5.74) is 5.54. The molecular weight excluding hydrogens is 348 g/mol. The number of amides is 2. The minimum Gasteiger partial charge on any atom is -0.307 e. The van der Waals surface area contributed by atoms with Crippen LogP contribution in [-0.4, -0.2) is 20.2 Å². The molecule has 0 saturated heterocycles. The number of fused-ring (bicyclic) bond motifs is 2. The summed E-state index contributed by atoms with van der Waals surface area (Å²) in [6, 6.07) is 1.66. The van der Waals surface area contributed by atoms with Crippen LogP contribution in [0.5, 0.6) is 0 Å². The largest absolute Gasteiger partial charge is 0.332 e. The highest BCUT2D eigenvalue weighted by Crippen LogP contribution is 2.38. The maximum absolute atomic E-state index is 12.5. The van der Waals surface area contributed by atoms with Gasteiger partial charge in [0.25, 0.3) is 0 Å². The maximum Gasteiger partial charge on any atom is 0.332 e. The Hall–Kier alpha value is -1.56. The van der Waals surface area contributed by atoms with E-state index in [0.29, 0.717) is 0 Å². The lowest BCUT2D eigenvalue weighted by molar-refractivity contribution is 0.256. The lowest BCUT2D eigenvalue weighted by Crippen LogP contribution is -2.40. The Bertz CT molecular complexity index is 781. The van der Waals surface area contributed by atoms with Crippen LogP contribution in [-0.2, 0) is 35.7 Å². The molecule has 0 saturated carbocycles. The SMILES string of the molecule is CCCC(C)(C)CS(=O)(=O)NC(=O)Nc1c2c(cc3c1CCC3)CCC2. The third-order valence-corrected chi connectivity index (χ3v) is 7.13. The molecule has 26 heavy (non-hydrogen) atoms. The lowest BCUT2D eigenvalue weighted by atomic mass is 9.91. The monoisotopic (exact) mass is 378 g/mol. The number of hydrogen-bond acceptors (Lipinski definition) is 3. The molecule has 0 unspecified atom stereocenters. The number of rotatable bonds is 6. The molecular formula is C20H30N2O3S. The molecule has 0 heterocycles. The number of hydrogen-bond donors (Lipinski definition) is 2. The van der Waals surface area contributed by atoms with Gasteiger partial charge in [-0.25, -0.2) is 17.9 Å². The first-order valence-corrected chi connectivity index (χ1v) is 11.3. The van der Waals surface area contributed by atoms with Crippen LogP contribution in [0.15, 0.2) is 6.07 Å². The van der Waals surface area contributed by atoms with E-state index in [0.717, 1.165) is 57.1 Å². The number of sulfonamides is 1. The van der Waals surface area contributed by atoms with Crippen LogP contribution < -0.4 is 10.0 Å². The lowest BCUT2D eigenvalue weighted by Gasteiger charge is -2.24. The molecule has 0 radical (unpaired) electrons. The summed E-state index contributed by atoms with van der Waals surface area (Å²) in [5, 5.41) is 2.89. The van der Waals surface area contributed by atoms with Gasteiger partial charge in [-0.15, -0.1) is 0 Å². The highest BCUT2D eigenvalue weighted by Gasteiger charge is 2.29. The van der Waals surface area contributed by atoms with Gasteiger partial charge in [0.2, 0.25) is 10.0 Å². The van der Waals surface area contributed by atoms with E-state index in [2.05, 4.69) is 16.1 Å². The third-order valence-electron chi connectivity index (χ3n) is 5.47. The standard InChI is InChI=1S/C20H30N2O3S/c1-4-11-20(2,3)13-26(24,25)22-19(23)21-18-16-9-5-7-14(16)12-15-8-6-10-17(15)18/h12H,4-11,13H2,1-3H3,(H2,21,22,23). The van der Waals surface area contributed by atoms with Crippen LogP contribution in [0.3, 0.4) is 0 Å². The normalized spacial score (nSPS) is 16.3. The van der Waals surface area contributed by atoms with Gasteiger partial charge in [-0.05, 0) is 72.6 Å². The average Bonchev–Trinajstić information content (AvgIpc) is 3.13. The summed E-state index contributed by atoms with van der Waals surface area (Å²) in [6.45, 7) is 5.88. The smallest absolute Gasteiger partial charge is 0.307 e. The number of carbonyl (C=O) groups is 1. The predicted octanol–water partition coefficient (Wildman–Crippen LogP) is 3.94. The highest BCUT2D eigenvalue weighted by molar-refractivity contribution is 7.90. The molecule has 0 atom stereocenters. The first-order chi connectivity index (χ1) is 12.2. The molecule has 2 aliphatic rings. The molecule has 144 valence electrons. The topological polar surface area (TPSA) is 75.3 Å². The van der Waals surface area contributed by atoms with Crippen LogP contribution in [0.4, 0.5) is 10.5 Å². The second kappa shape index (κ2) is 7.22. The summed E-state index contributed by atoms with van der Waals surface area (Å²) in [5.74, 6) is -0.0493. The van der Waals surface area contributed by atoms with E-state index < -0.39 is 16.1 Å². The molecule has 0 bridgehead atoms. The summed E-state index contributed by atoms with van der Waals surface area (Å²) in [4.78, 5) is 12.5. The molecule has 2 aliphatic carbocycles. The molecule has 0 aromatic heterocycles. The molecule has 0 spiro atoms. The molecule has 5 nitrogen and oxygen atoms in total. The number of anilines is 1. The van der Waals surface area contributed by atoms with Crippen molar-refractivity contribution in [2.75, 3.05) is 11.1 Å². The summed E-state index contributed by atoms with van der Waals surface area (Å²) in [7, 11) is -3.67. The van der Waals surface area contributed by atoms with Crippen LogP contribution in [0.2, 0.25) is 0 Å². The van der Waals surface area contributed by atoms with Crippen molar-refractivity contribution in [3.8, 4) is 0 Å². The quantitative estimate of drug-likeness (QED) is 0.787. The molecule has 2 N–H and O–H groups in total. The van der Waals surface area contributed by atoms with Crippen molar-refractivity contribution in [3.63, 3.8) is 0 Å². The van der Waals surface area contributed by atoms with Gasteiger partial charge < -0.3 is 5.32 Å². The second-order valence-electron chi connectivity index (χ2n) is 8.46. The third kappa shape index (κ3) is 4.22. The minimum atomic E-state index is -3.67. The number of benzene rings is 1. The molecule has 6 heteroatoms. The summed E-state index contributed by atoms with van der Waals surface area (Å²) >= 11 is 0. The van der Waals surface area contributed by atoms with E-state index in [-0.39, 0.29) is 11.2 Å². The molecule has 0 fully saturated rings. The van der Waals surface area contributed by atoms with E-state index in [9.17, 15) is 13.2 Å². The van der Waals surface area contributed by atoms with Gasteiger partial charge in [0.15, 0.2) is 0 Å². The van der Waals surface area contributed by atoms with E-state index in [4.69, 9.17) is 0 Å². The molecule has 1 aromatic carbocycles. The van der Waals surface area contributed by atoms with Crippen molar-refractivity contribution >= 4 is 21.7 Å². The Morgan fingerprint density at radius 2 is 1.65 bits per heavy atom. The fraction of sp³-hybridized carbons (Fsp3) is 0.650. The highest BCUT2D eigenvalue weighted by atomic mass is 32.2. The zero-order chi connectivity index (χ0) is 18.9. The first kappa shape index (κ1) is 19.2. The Balaban J connectivity index is 1.75. The average molecular weight is 379 g/mol. The zero-order valence-corrected chi connectivity index (χ0v) is 16.9. The van der Waals surface area contributed by atoms with Crippen molar-refractivity contribution in [3.05, 3.63) is 28.3 Å². The van der Waals surface area contributed by atoms with Gasteiger partial charge in [0.05, 0.1) is 5.75 Å². The van der Waals surface area contributed by atoms with Gasteiger partial charge in [-0.1, -0.05) is 33.3 Å². The van der Waals surface area contributed by atoms with Crippen molar-refractivity contribution in [1.82, 2.24) is 4.72 Å². The summed E-state index contributed by atoms with van der Waals surface area (Å²) < 4.78 is 27.1. The van der Waals surface area contributed by atoms with E-state index in [1.807, 2.05) is 20.8 Å². The Morgan fingerprint density at radius 1 is 1.08 bits per heavy atom. The van der Waals surface area contributed by atoms with Crippen LogP contribution in [0.1, 0.15) is 68.7 Å². The molecule has 2 amide bonds. The van der Waals surface area contributed by atoms with Crippen LogP contribution in [0, 0.1) is 5.41 Å². The van der Waals surface area contributed by atoms with Crippen molar-refractivity contribution < 1.29 is 13.2 Å². The van der Waals surface area contributed by atoms with Gasteiger partial charge in [0, 0.05) is 5.69 Å². The van der Waals surface area contributed by atoms with Gasteiger partial charge in [0.1, 0.15) is 0 Å². The fourth-order valence-corrected chi connectivity index (χ4v) is 6.13. The predicted molar refractivity (Wildman–Crippen MR) is 105 cm³/mol. The van der Waals surface area contributed by atoms with Gasteiger partial charge >= 0.3 is 6.03 Å². The maximum atomic E-state index is 12.5. The number of carbonyl (C=O) groups excluding carboxylic acids is 1. The van der Waals surface area contributed by atoms with Crippen LogP contribution in [0.25, 0.3) is 0 Å². The van der Waals surface area contributed by atoms with Crippen molar-refractivity contribution in [2.45, 2.75) is 72.1 Å². The minimum absolute atomic E-state index is 0.0493. The number of urea groups is 1.